The third kappa shape index (κ3) is 3.44. The van der Waals surface area contributed by atoms with E-state index in [0.29, 0.717) is 25.2 Å². The smallest absolute Gasteiger partial charge is 0.263 e. The minimum absolute atomic E-state index is 0.0638. The summed E-state index contributed by atoms with van der Waals surface area (Å²) in [6, 6.07) is 10.2. The van der Waals surface area contributed by atoms with E-state index >= 15 is 0 Å². The summed E-state index contributed by atoms with van der Waals surface area (Å²) in [6.07, 6.45) is 2.89. The number of carbonyl (C=O) groups excluding carboxylic acids is 1. The van der Waals surface area contributed by atoms with Gasteiger partial charge in [-0.1, -0.05) is 24.3 Å². The summed E-state index contributed by atoms with van der Waals surface area (Å²) in [4.78, 5) is 28.2. The Balaban J connectivity index is 1.65. The molecule has 0 unspecified atom stereocenters. The van der Waals surface area contributed by atoms with Crippen LogP contribution < -0.4 is 5.56 Å². The Morgan fingerprint density at radius 3 is 2.74 bits per heavy atom. The van der Waals surface area contributed by atoms with Crippen molar-refractivity contribution in [3.05, 3.63) is 68.6 Å². The maximum absolute atomic E-state index is 13.2. The molecule has 0 saturated carbocycles. The normalized spacial score (nSPS) is 19.2. The van der Waals surface area contributed by atoms with Crippen LogP contribution in [0.3, 0.4) is 0 Å². The molecule has 3 heterocycles. The van der Waals surface area contributed by atoms with Crippen molar-refractivity contribution < 1.29 is 9.53 Å². The first-order valence-electron chi connectivity index (χ1n) is 9.73. The number of nitrogens with zero attached hydrogens (tertiary/aromatic N) is 2. The SMILES string of the molecule is Cc1cc(C)n(C[C@@H]2CCCO2)c(=O)c1C(=O)N1CCc2ccccc2C1. The van der Waals surface area contributed by atoms with Crippen LogP contribution in [-0.4, -0.2) is 34.6 Å². The van der Waals surface area contributed by atoms with Gasteiger partial charge in [-0.2, -0.15) is 0 Å². The number of aryl methyl sites for hydroxylation is 2. The Hall–Kier alpha value is -2.40. The molecular formula is C22H26N2O3. The predicted octanol–water partition coefficient (Wildman–Crippen LogP) is 2.84. The molecule has 142 valence electrons. The minimum atomic E-state index is -0.188. The molecule has 0 radical (unpaired) electrons. The maximum atomic E-state index is 13.2. The summed E-state index contributed by atoms with van der Waals surface area (Å²) in [5, 5.41) is 0. The molecular weight excluding hydrogens is 340 g/mol. The van der Waals surface area contributed by atoms with E-state index in [2.05, 4.69) is 12.1 Å². The molecule has 1 aromatic heterocycles. The Morgan fingerprint density at radius 1 is 1.22 bits per heavy atom. The van der Waals surface area contributed by atoms with Crippen LogP contribution in [0.25, 0.3) is 0 Å². The number of aromatic nitrogens is 1. The van der Waals surface area contributed by atoms with Crippen molar-refractivity contribution in [1.82, 2.24) is 9.47 Å². The highest BCUT2D eigenvalue weighted by Gasteiger charge is 2.27. The second-order valence-corrected chi connectivity index (χ2v) is 7.64. The van der Waals surface area contributed by atoms with E-state index in [1.54, 1.807) is 9.47 Å². The summed E-state index contributed by atoms with van der Waals surface area (Å²) in [5.41, 5.74) is 4.21. The maximum Gasteiger partial charge on any atom is 0.263 e. The number of hydrogen-bond acceptors (Lipinski definition) is 3. The zero-order valence-electron chi connectivity index (χ0n) is 16.0. The van der Waals surface area contributed by atoms with Gasteiger partial charge in [0.1, 0.15) is 5.56 Å². The number of pyridine rings is 1. The molecule has 4 rings (SSSR count). The summed E-state index contributed by atoms with van der Waals surface area (Å²) < 4.78 is 7.41. The highest BCUT2D eigenvalue weighted by atomic mass is 16.5. The molecule has 5 heteroatoms. The monoisotopic (exact) mass is 366 g/mol. The van der Waals surface area contributed by atoms with Gasteiger partial charge in [0.2, 0.25) is 0 Å². The first-order chi connectivity index (χ1) is 13.0. The zero-order valence-corrected chi connectivity index (χ0v) is 16.0. The number of fused-ring (bicyclic) bond motifs is 1. The number of rotatable bonds is 3. The van der Waals surface area contributed by atoms with Crippen LogP contribution in [-0.2, 0) is 24.2 Å². The topological polar surface area (TPSA) is 51.5 Å². The molecule has 2 aromatic rings. The Labute approximate surface area is 159 Å². The van der Waals surface area contributed by atoms with Gasteiger partial charge in [-0.05, 0) is 55.9 Å². The zero-order chi connectivity index (χ0) is 19.0. The Kier molecular flexibility index (Phi) is 4.87. The number of amides is 1. The second kappa shape index (κ2) is 7.31. The van der Waals surface area contributed by atoms with Crippen LogP contribution in [0.2, 0.25) is 0 Å². The number of ether oxygens (including phenoxy) is 1. The van der Waals surface area contributed by atoms with Crippen molar-refractivity contribution in [1.29, 1.82) is 0 Å². The van der Waals surface area contributed by atoms with E-state index in [4.69, 9.17) is 4.74 Å². The lowest BCUT2D eigenvalue weighted by Crippen LogP contribution is -2.41. The van der Waals surface area contributed by atoms with Crippen LogP contribution in [0.4, 0.5) is 0 Å². The molecule has 2 aliphatic heterocycles. The quantitative estimate of drug-likeness (QED) is 0.839. The van der Waals surface area contributed by atoms with E-state index in [1.165, 1.54) is 11.1 Å². The predicted molar refractivity (Wildman–Crippen MR) is 104 cm³/mol. The van der Waals surface area contributed by atoms with Gasteiger partial charge < -0.3 is 14.2 Å². The van der Waals surface area contributed by atoms with Gasteiger partial charge in [0.15, 0.2) is 0 Å². The number of carbonyl (C=O) groups is 1. The van der Waals surface area contributed by atoms with E-state index in [-0.39, 0.29) is 17.6 Å². The van der Waals surface area contributed by atoms with Crippen molar-refractivity contribution in [3.8, 4) is 0 Å². The molecule has 1 aromatic carbocycles. The van der Waals surface area contributed by atoms with Gasteiger partial charge in [-0.15, -0.1) is 0 Å². The van der Waals surface area contributed by atoms with Gasteiger partial charge in [0.25, 0.3) is 11.5 Å². The lowest BCUT2D eigenvalue weighted by atomic mass is 9.99. The average molecular weight is 366 g/mol. The van der Waals surface area contributed by atoms with Crippen molar-refractivity contribution in [2.75, 3.05) is 13.2 Å². The highest BCUT2D eigenvalue weighted by Crippen LogP contribution is 2.21. The summed E-state index contributed by atoms with van der Waals surface area (Å²) in [7, 11) is 0. The first-order valence-corrected chi connectivity index (χ1v) is 9.73. The molecule has 0 N–H and O–H groups in total. The number of benzene rings is 1. The lowest BCUT2D eigenvalue weighted by Gasteiger charge is -2.29. The fraction of sp³-hybridized carbons (Fsp3) is 0.455. The molecule has 1 saturated heterocycles. The van der Waals surface area contributed by atoms with E-state index < -0.39 is 0 Å². The fourth-order valence-electron chi connectivity index (χ4n) is 4.23. The van der Waals surface area contributed by atoms with E-state index in [0.717, 1.165) is 37.1 Å². The second-order valence-electron chi connectivity index (χ2n) is 7.64. The standard InChI is InChI=1S/C22H26N2O3/c1-15-12-16(2)24(14-19-8-5-11-27-19)22(26)20(15)21(25)23-10-9-17-6-3-4-7-18(17)13-23/h3-4,6-7,12,19H,5,8-11,13-14H2,1-2H3/t19-/m0/s1. The number of hydrogen-bond donors (Lipinski definition) is 0. The first kappa shape index (κ1) is 18.0. The fourth-order valence-corrected chi connectivity index (χ4v) is 4.23. The molecule has 1 fully saturated rings. The largest absolute Gasteiger partial charge is 0.376 e. The van der Waals surface area contributed by atoms with Crippen LogP contribution in [0.15, 0.2) is 35.1 Å². The van der Waals surface area contributed by atoms with Crippen LogP contribution in [0, 0.1) is 13.8 Å². The third-order valence-corrected chi connectivity index (χ3v) is 5.75. The Morgan fingerprint density at radius 2 is 2.00 bits per heavy atom. The molecule has 0 spiro atoms. The van der Waals surface area contributed by atoms with Crippen molar-refractivity contribution in [2.24, 2.45) is 0 Å². The molecule has 0 aliphatic carbocycles. The molecule has 2 aliphatic rings. The van der Waals surface area contributed by atoms with Gasteiger partial charge in [0, 0.05) is 25.4 Å². The van der Waals surface area contributed by atoms with Gasteiger partial charge in [-0.25, -0.2) is 0 Å². The molecule has 1 atom stereocenters. The van der Waals surface area contributed by atoms with Crippen LogP contribution in [0.5, 0.6) is 0 Å². The van der Waals surface area contributed by atoms with Crippen molar-refractivity contribution in [2.45, 2.75) is 52.3 Å². The van der Waals surface area contributed by atoms with Crippen molar-refractivity contribution in [3.63, 3.8) is 0 Å². The summed E-state index contributed by atoms with van der Waals surface area (Å²) >= 11 is 0. The molecule has 5 nitrogen and oxygen atoms in total. The van der Waals surface area contributed by atoms with Gasteiger partial charge in [0.05, 0.1) is 12.6 Å². The molecule has 0 bridgehead atoms. The van der Waals surface area contributed by atoms with Gasteiger partial charge >= 0.3 is 0 Å². The summed E-state index contributed by atoms with van der Waals surface area (Å²) in [5.74, 6) is -0.159. The van der Waals surface area contributed by atoms with Crippen LogP contribution >= 0.6 is 0 Å². The minimum Gasteiger partial charge on any atom is -0.376 e. The highest BCUT2D eigenvalue weighted by molar-refractivity contribution is 5.95. The van der Waals surface area contributed by atoms with Gasteiger partial charge in [-0.3, -0.25) is 9.59 Å². The van der Waals surface area contributed by atoms with E-state index in [9.17, 15) is 9.59 Å². The summed E-state index contributed by atoms with van der Waals surface area (Å²) in [6.45, 7) is 6.27. The van der Waals surface area contributed by atoms with E-state index in [1.807, 2.05) is 32.0 Å². The molecule has 27 heavy (non-hydrogen) atoms. The lowest BCUT2D eigenvalue weighted by molar-refractivity contribution is 0.0728. The third-order valence-electron chi connectivity index (χ3n) is 5.75. The Bertz CT molecular complexity index is 926. The van der Waals surface area contributed by atoms with Crippen LogP contribution in [0.1, 0.15) is 45.6 Å². The van der Waals surface area contributed by atoms with Crippen molar-refractivity contribution >= 4 is 5.91 Å². The molecule has 1 amide bonds. The average Bonchev–Trinajstić information content (AvgIpc) is 3.17.